The lowest BCUT2D eigenvalue weighted by Crippen LogP contribution is -2.48. The van der Waals surface area contributed by atoms with Gasteiger partial charge in [0.2, 0.25) is 5.91 Å². The summed E-state index contributed by atoms with van der Waals surface area (Å²) >= 11 is 0. The first kappa shape index (κ1) is 21.5. The third-order valence-electron chi connectivity index (χ3n) is 6.98. The van der Waals surface area contributed by atoms with Crippen LogP contribution in [0.1, 0.15) is 43.0 Å². The third-order valence-corrected chi connectivity index (χ3v) is 6.98. The summed E-state index contributed by atoms with van der Waals surface area (Å²) in [7, 11) is 0. The molecule has 0 radical (unpaired) electrons. The highest BCUT2D eigenvalue weighted by molar-refractivity contribution is 5.97. The Balaban J connectivity index is 1.39. The van der Waals surface area contributed by atoms with Crippen molar-refractivity contribution < 1.29 is 9.59 Å². The molecular weight excluding hydrogens is 414 g/mol. The zero-order valence-electron chi connectivity index (χ0n) is 19.1. The van der Waals surface area contributed by atoms with Gasteiger partial charge in [-0.3, -0.25) is 9.59 Å². The number of piperidine rings is 2. The van der Waals surface area contributed by atoms with Crippen LogP contribution in [-0.2, 0) is 4.79 Å². The molecule has 2 aliphatic heterocycles. The maximum Gasteiger partial charge on any atom is 0.259 e. The normalized spacial score (nSPS) is 19.6. The quantitative estimate of drug-likeness (QED) is 0.614. The number of para-hydroxylation sites is 1. The number of benzene rings is 1. The van der Waals surface area contributed by atoms with E-state index in [1.165, 1.54) is 0 Å². The summed E-state index contributed by atoms with van der Waals surface area (Å²) in [6.45, 7) is 5.07. The molecule has 2 aromatic heterocycles. The van der Waals surface area contributed by atoms with Crippen LogP contribution in [0, 0.1) is 11.8 Å². The average molecular weight is 446 g/mol. The number of hydrogen-bond acceptors (Lipinski definition) is 3. The Morgan fingerprint density at radius 2 is 1.64 bits per heavy atom. The van der Waals surface area contributed by atoms with Crippen molar-refractivity contribution in [2.24, 2.45) is 11.8 Å². The van der Waals surface area contributed by atoms with Gasteiger partial charge in [-0.15, -0.1) is 0 Å². The van der Waals surface area contributed by atoms with Crippen molar-refractivity contribution in [2.45, 2.75) is 32.6 Å². The Hall–Kier alpha value is -3.35. The molecule has 0 saturated carbocycles. The lowest BCUT2D eigenvalue weighted by molar-refractivity contribution is -0.138. The maximum atomic E-state index is 13.7. The second-order valence-electron chi connectivity index (χ2n) is 9.32. The molecule has 2 amide bonds. The number of likely N-dealkylation sites (tertiary alicyclic amines) is 2. The molecule has 0 bridgehead atoms. The largest absolute Gasteiger partial charge is 0.342 e. The first-order valence-electron chi connectivity index (χ1n) is 12.0. The molecule has 5 rings (SSSR count). The van der Waals surface area contributed by atoms with Gasteiger partial charge in [0.25, 0.3) is 5.91 Å². The number of carbonyl (C=O) groups is 2. The first-order valence-corrected chi connectivity index (χ1v) is 12.0. The number of aromatic nitrogens is 3. The fraction of sp³-hybridized carbons (Fsp3) is 0.423. The predicted octanol–water partition coefficient (Wildman–Crippen LogP) is 3.77. The lowest BCUT2D eigenvalue weighted by Gasteiger charge is -2.37. The molecule has 3 aromatic rings. The van der Waals surface area contributed by atoms with Gasteiger partial charge in [-0.05, 0) is 55.9 Å². The zero-order valence-corrected chi connectivity index (χ0v) is 19.1. The van der Waals surface area contributed by atoms with E-state index in [1.54, 1.807) is 10.9 Å². The Morgan fingerprint density at radius 3 is 2.36 bits per heavy atom. The van der Waals surface area contributed by atoms with Crippen LogP contribution in [-0.4, -0.2) is 62.1 Å². The fourth-order valence-electron chi connectivity index (χ4n) is 5.00. The van der Waals surface area contributed by atoms with Crippen LogP contribution in [0.3, 0.4) is 0 Å². The van der Waals surface area contributed by atoms with Crippen LogP contribution in [0.4, 0.5) is 0 Å². The van der Waals surface area contributed by atoms with E-state index in [9.17, 15) is 9.59 Å². The minimum absolute atomic E-state index is 0.0642. The molecule has 0 N–H and O–H groups in total. The molecule has 0 unspecified atom stereocenters. The highest BCUT2D eigenvalue weighted by atomic mass is 16.2. The summed E-state index contributed by atoms with van der Waals surface area (Å²) in [5.41, 5.74) is 1.45. The number of rotatable bonds is 4. The van der Waals surface area contributed by atoms with Crippen molar-refractivity contribution in [1.29, 1.82) is 0 Å². The molecule has 0 spiro atoms. The van der Waals surface area contributed by atoms with Gasteiger partial charge in [0.05, 0.1) is 17.8 Å². The summed E-state index contributed by atoms with van der Waals surface area (Å²) in [4.78, 5) is 30.7. The molecule has 2 aliphatic rings. The second kappa shape index (κ2) is 9.25. The minimum Gasteiger partial charge on any atom is -0.342 e. The van der Waals surface area contributed by atoms with Gasteiger partial charge in [-0.1, -0.05) is 25.1 Å². The van der Waals surface area contributed by atoms with Crippen LogP contribution >= 0.6 is 0 Å². The maximum absolute atomic E-state index is 13.7. The Bertz CT molecular complexity index is 1100. The Labute approximate surface area is 194 Å². The van der Waals surface area contributed by atoms with Crippen LogP contribution in [0.15, 0.2) is 61.1 Å². The van der Waals surface area contributed by atoms with E-state index in [1.807, 2.05) is 69.2 Å². The minimum atomic E-state index is -0.115. The van der Waals surface area contributed by atoms with Crippen LogP contribution in [0.25, 0.3) is 11.5 Å². The van der Waals surface area contributed by atoms with Gasteiger partial charge in [-0.25, -0.2) is 4.68 Å². The van der Waals surface area contributed by atoms with Gasteiger partial charge < -0.3 is 14.4 Å². The van der Waals surface area contributed by atoms with Gasteiger partial charge in [0.15, 0.2) is 5.82 Å². The highest BCUT2D eigenvalue weighted by Gasteiger charge is 2.34. The molecule has 172 valence electrons. The van der Waals surface area contributed by atoms with Gasteiger partial charge >= 0.3 is 0 Å². The molecule has 7 nitrogen and oxygen atoms in total. The lowest BCUT2D eigenvalue weighted by atomic mass is 9.93. The molecule has 2 saturated heterocycles. The Morgan fingerprint density at radius 1 is 0.909 bits per heavy atom. The number of nitrogens with zero attached hydrogens (tertiary/aromatic N) is 5. The van der Waals surface area contributed by atoms with Crippen molar-refractivity contribution in [1.82, 2.24) is 24.1 Å². The molecule has 2 fully saturated rings. The number of hydrogen-bond donors (Lipinski definition) is 0. The molecule has 7 heteroatoms. The number of carbonyl (C=O) groups excluding carboxylic acids is 2. The van der Waals surface area contributed by atoms with Crippen molar-refractivity contribution in [3.05, 3.63) is 66.6 Å². The monoisotopic (exact) mass is 445 g/mol. The number of amides is 2. The smallest absolute Gasteiger partial charge is 0.259 e. The Kier molecular flexibility index (Phi) is 6.03. The van der Waals surface area contributed by atoms with Crippen LogP contribution in [0.2, 0.25) is 0 Å². The first-order chi connectivity index (χ1) is 16.1. The van der Waals surface area contributed by atoms with E-state index in [2.05, 4.69) is 12.0 Å². The molecule has 1 atom stereocenters. The third kappa shape index (κ3) is 4.32. The summed E-state index contributed by atoms with van der Waals surface area (Å²) in [6.07, 6.45) is 9.34. The molecule has 1 aromatic carbocycles. The SMILES string of the molecule is CC1CCN(C(=O)[C@@H]2CCCN(C(=O)c3cnn(-c4ccccc4)c3-n3cccc3)C2)CC1. The van der Waals surface area contributed by atoms with Crippen LogP contribution in [0.5, 0.6) is 0 Å². The van der Waals surface area contributed by atoms with E-state index in [0.29, 0.717) is 24.6 Å². The highest BCUT2D eigenvalue weighted by Crippen LogP contribution is 2.26. The van der Waals surface area contributed by atoms with E-state index in [-0.39, 0.29) is 17.7 Å². The van der Waals surface area contributed by atoms with Gasteiger partial charge in [0.1, 0.15) is 5.56 Å². The summed E-state index contributed by atoms with van der Waals surface area (Å²) in [5.74, 6) is 1.44. The van der Waals surface area contributed by atoms with Crippen molar-refractivity contribution in [3.63, 3.8) is 0 Å². The van der Waals surface area contributed by atoms with E-state index in [4.69, 9.17) is 0 Å². The zero-order chi connectivity index (χ0) is 22.8. The average Bonchev–Trinajstić information content (AvgIpc) is 3.54. The molecular formula is C26H31N5O2. The predicted molar refractivity (Wildman–Crippen MR) is 126 cm³/mol. The molecule has 0 aliphatic carbocycles. The molecule has 33 heavy (non-hydrogen) atoms. The van der Waals surface area contributed by atoms with Crippen molar-refractivity contribution in [2.75, 3.05) is 26.2 Å². The summed E-state index contributed by atoms with van der Waals surface area (Å²) in [6, 6.07) is 13.7. The van der Waals surface area contributed by atoms with Crippen molar-refractivity contribution in [3.8, 4) is 11.5 Å². The summed E-state index contributed by atoms with van der Waals surface area (Å²) < 4.78 is 3.73. The molecule has 4 heterocycles. The fourth-order valence-corrected chi connectivity index (χ4v) is 5.00. The second-order valence-corrected chi connectivity index (χ2v) is 9.32. The standard InChI is InChI=1S/C26H31N5O2/c1-20-11-16-29(17-12-20)25(32)21-8-7-15-30(19-21)26(33)23-18-27-31(22-9-3-2-4-10-22)24(23)28-13-5-6-14-28/h2-6,9-10,13-14,18,20-21H,7-8,11-12,15-17,19H2,1H3/t21-/m1/s1. The van der Waals surface area contributed by atoms with E-state index >= 15 is 0 Å². The van der Waals surface area contributed by atoms with Crippen LogP contribution < -0.4 is 0 Å². The van der Waals surface area contributed by atoms with Gasteiger partial charge in [-0.2, -0.15) is 5.10 Å². The van der Waals surface area contributed by atoms with E-state index in [0.717, 1.165) is 50.3 Å². The topological polar surface area (TPSA) is 63.4 Å². The summed E-state index contributed by atoms with van der Waals surface area (Å²) in [5, 5.41) is 4.57. The van der Waals surface area contributed by atoms with E-state index < -0.39 is 0 Å². The van der Waals surface area contributed by atoms with Gasteiger partial charge in [0, 0.05) is 38.6 Å². The van der Waals surface area contributed by atoms with Crippen molar-refractivity contribution >= 4 is 11.8 Å².